The van der Waals surface area contributed by atoms with Crippen molar-refractivity contribution < 1.29 is 14.6 Å². The molecule has 138 valence electrons. The zero-order chi connectivity index (χ0) is 18.4. The van der Waals surface area contributed by atoms with E-state index in [0.29, 0.717) is 19.6 Å². The number of β-amino-alcohol motifs (C(OH)–C–C–N with tert-alkyl or cyclic N) is 1. The standard InChI is InChI=1S/C21H26N2O3/c1-16-7-5-6-10-19(16)21(17-8-3-2-4-9-17)26-15-18(24)13-23-12-11-22-20(25)14-23/h2-10,18,21,24H,11-15H2,1H3,(H,22,25)/t18-,21+/m0/s1. The molecule has 2 aromatic carbocycles. The molecule has 1 heterocycles. The van der Waals surface area contributed by atoms with E-state index in [2.05, 4.69) is 24.4 Å². The van der Waals surface area contributed by atoms with E-state index in [1.807, 2.05) is 47.4 Å². The second kappa shape index (κ2) is 8.94. The minimum atomic E-state index is -0.642. The number of aliphatic hydroxyl groups is 1. The molecule has 0 spiro atoms. The van der Waals surface area contributed by atoms with E-state index in [-0.39, 0.29) is 18.6 Å². The summed E-state index contributed by atoms with van der Waals surface area (Å²) in [6.45, 7) is 4.42. The highest BCUT2D eigenvalue weighted by molar-refractivity contribution is 5.78. The largest absolute Gasteiger partial charge is 0.389 e. The van der Waals surface area contributed by atoms with Crippen LogP contribution in [0.1, 0.15) is 22.8 Å². The van der Waals surface area contributed by atoms with Gasteiger partial charge in [-0.25, -0.2) is 0 Å². The molecule has 1 saturated heterocycles. The van der Waals surface area contributed by atoms with Crippen LogP contribution in [0.3, 0.4) is 0 Å². The predicted octanol–water partition coefficient (Wildman–Crippen LogP) is 1.89. The molecule has 1 fully saturated rings. The van der Waals surface area contributed by atoms with Gasteiger partial charge in [-0.05, 0) is 23.6 Å². The van der Waals surface area contributed by atoms with Gasteiger partial charge in [0.25, 0.3) is 0 Å². The normalized spacial score (nSPS) is 17.5. The quantitative estimate of drug-likeness (QED) is 0.797. The summed E-state index contributed by atoms with van der Waals surface area (Å²) in [5.74, 6) is 0.00596. The molecule has 5 heteroatoms. The lowest BCUT2D eigenvalue weighted by Crippen LogP contribution is -2.50. The highest BCUT2D eigenvalue weighted by Gasteiger charge is 2.22. The fourth-order valence-corrected chi connectivity index (χ4v) is 3.28. The molecule has 0 aliphatic carbocycles. The Labute approximate surface area is 154 Å². The zero-order valence-corrected chi connectivity index (χ0v) is 15.1. The van der Waals surface area contributed by atoms with Crippen LogP contribution in [0, 0.1) is 6.92 Å². The number of amides is 1. The van der Waals surface area contributed by atoms with Crippen LogP contribution in [0.2, 0.25) is 0 Å². The number of benzene rings is 2. The van der Waals surface area contributed by atoms with Crippen molar-refractivity contribution >= 4 is 5.91 Å². The number of rotatable bonds is 7. The molecule has 3 rings (SSSR count). The van der Waals surface area contributed by atoms with Crippen LogP contribution >= 0.6 is 0 Å². The van der Waals surface area contributed by atoms with Gasteiger partial charge in [0.15, 0.2) is 0 Å². The van der Waals surface area contributed by atoms with Gasteiger partial charge in [0, 0.05) is 19.6 Å². The van der Waals surface area contributed by atoms with Gasteiger partial charge in [-0.15, -0.1) is 0 Å². The Bertz CT molecular complexity index is 720. The summed E-state index contributed by atoms with van der Waals surface area (Å²) < 4.78 is 6.15. The van der Waals surface area contributed by atoms with Crippen molar-refractivity contribution in [1.29, 1.82) is 0 Å². The number of carbonyl (C=O) groups excluding carboxylic acids is 1. The Kier molecular flexibility index (Phi) is 6.39. The van der Waals surface area contributed by atoms with Crippen molar-refractivity contribution in [2.45, 2.75) is 19.1 Å². The van der Waals surface area contributed by atoms with Crippen LogP contribution in [0.25, 0.3) is 0 Å². The number of aryl methyl sites for hydroxylation is 1. The molecule has 0 bridgehead atoms. The van der Waals surface area contributed by atoms with Gasteiger partial charge < -0.3 is 15.2 Å². The maximum absolute atomic E-state index is 11.5. The van der Waals surface area contributed by atoms with E-state index >= 15 is 0 Å². The van der Waals surface area contributed by atoms with Gasteiger partial charge in [0.1, 0.15) is 6.10 Å². The summed E-state index contributed by atoms with van der Waals surface area (Å²) in [7, 11) is 0. The lowest BCUT2D eigenvalue weighted by atomic mass is 9.97. The van der Waals surface area contributed by atoms with E-state index in [1.165, 1.54) is 0 Å². The lowest BCUT2D eigenvalue weighted by Gasteiger charge is -2.29. The fourth-order valence-electron chi connectivity index (χ4n) is 3.28. The fraction of sp³-hybridized carbons (Fsp3) is 0.381. The number of nitrogens with one attached hydrogen (secondary N) is 1. The molecular formula is C21H26N2O3. The first kappa shape index (κ1) is 18.6. The van der Waals surface area contributed by atoms with Crippen molar-refractivity contribution in [1.82, 2.24) is 10.2 Å². The average molecular weight is 354 g/mol. The SMILES string of the molecule is Cc1ccccc1[C@H](OC[C@@H](O)CN1CCNC(=O)C1)c1ccccc1. The topological polar surface area (TPSA) is 61.8 Å². The first-order valence-corrected chi connectivity index (χ1v) is 9.02. The smallest absolute Gasteiger partial charge is 0.234 e. The third-order valence-corrected chi connectivity index (χ3v) is 4.61. The summed E-state index contributed by atoms with van der Waals surface area (Å²) in [4.78, 5) is 13.4. The van der Waals surface area contributed by atoms with Crippen molar-refractivity contribution in [3.05, 3.63) is 71.3 Å². The number of hydrogen-bond acceptors (Lipinski definition) is 4. The molecule has 2 aromatic rings. The molecule has 0 unspecified atom stereocenters. The van der Waals surface area contributed by atoms with Gasteiger partial charge >= 0.3 is 0 Å². The molecule has 2 atom stereocenters. The predicted molar refractivity (Wildman–Crippen MR) is 101 cm³/mol. The number of nitrogens with zero attached hydrogens (tertiary/aromatic N) is 1. The lowest BCUT2D eigenvalue weighted by molar-refractivity contribution is -0.124. The molecule has 1 aliphatic rings. The van der Waals surface area contributed by atoms with E-state index in [4.69, 9.17) is 4.74 Å². The number of ether oxygens (including phenoxy) is 1. The summed E-state index contributed by atoms with van der Waals surface area (Å²) in [5.41, 5.74) is 3.32. The van der Waals surface area contributed by atoms with Gasteiger partial charge in [-0.3, -0.25) is 9.69 Å². The Hall–Kier alpha value is -2.21. The van der Waals surface area contributed by atoms with E-state index < -0.39 is 6.10 Å². The Balaban J connectivity index is 1.66. The first-order chi connectivity index (χ1) is 12.6. The van der Waals surface area contributed by atoms with Gasteiger partial charge in [-0.2, -0.15) is 0 Å². The molecule has 1 aliphatic heterocycles. The van der Waals surface area contributed by atoms with Crippen LogP contribution < -0.4 is 5.32 Å². The van der Waals surface area contributed by atoms with E-state index in [0.717, 1.165) is 23.2 Å². The van der Waals surface area contributed by atoms with Crippen molar-refractivity contribution in [3.8, 4) is 0 Å². The van der Waals surface area contributed by atoms with Crippen molar-refractivity contribution in [2.24, 2.45) is 0 Å². The van der Waals surface area contributed by atoms with E-state index in [9.17, 15) is 9.90 Å². The molecule has 5 nitrogen and oxygen atoms in total. The monoisotopic (exact) mass is 354 g/mol. The Morgan fingerprint density at radius 1 is 1.15 bits per heavy atom. The number of carbonyl (C=O) groups is 1. The van der Waals surface area contributed by atoms with Crippen molar-refractivity contribution in [2.75, 3.05) is 32.8 Å². The van der Waals surface area contributed by atoms with Crippen LogP contribution in [0.4, 0.5) is 0 Å². The highest BCUT2D eigenvalue weighted by Crippen LogP contribution is 2.28. The molecule has 0 aromatic heterocycles. The minimum Gasteiger partial charge on any atom is -0.389 e. The molecule has 26 heavy (non-hydrogen) atoms. The third kappa shape index (κ3) is 4.91. The summed E-state index contributed by atoms with van der Waals surface area (Å²) in [6, 6.07) is 18.2. The number of aliphatic hydroxyl groups excluding tert-OH is 1. The second-order valence-electron chi connectivity index (χ2n) is 6.72. The van der Waals surface area contributed by atoms with Gasteiger partial charge in [0.05, 0.1) is 19.3 Å². The summed E-state index contributed by atoms with van der Waals surface area (Å²) in [6.07, 6.45) is -0.868. The maximum Gasteiger partial charge on any atom is 0.234 e. The van der Waals surface area contributed by atoms with Crippen LogP contribution in [0.15, 0.2) is 54.6 Å². The Morgan fingerprint density at radius 3 is 2.62 bits per heavy atom. The Morgan fingerprint density at radius 2 is 1.88 bits per heavy atom. The summed E-state index contributed by atoms with van der Waals surface area (Å²) >= 11 is 0. The molecule has 2 N–H and O–H groups in total. The molecule has 1 amide bonds. The number of piperazine rings is 1. The van der Waals surface area contributed by atoms with Crippen LogP contribution in [-0.2, 0) is 9.53 Å². The first-order valence-electron chi connectivity index (χ1n) is 9.02. The highest BCUT2D eigenvalue weighted by atomic mass is 16.5. The third-order valence-electron chi connectivity index (χ3n) is 4.61. The maximum atomic E-state index is 11.5. The molecule has 0 saturated carbocycles. The minimum absolute atomic E-state index is 0.00596. The van der Waals surface area contributed by atoms with Crippen LogP contribution in [0.5, 0.6) is 0 Å². The van der Waals surface area contributed by atoms with Gasteiger partial charge in [0.2, 0.25) is 5.91 Å². The zero-order valence-electron chi connectivity index (χ0n) is 15.1. The number of hydrogen-bond donors (Lipinski definition) is 2. The molecular weight excluding hydrogens is 328 g/mol. The van der Waals surface area contributed by atoms with E-state index in [1.54, 1.807) is 0 Å². The average Bonchev–Trinajstić information content (AvgIpc) is 2.64. The second-order valence-corrected chi connectivity index (χ2v) is 6.72. The summed E-state index contributed by atoms with van der Waals surface area (Å²) in [5, 5.41) is 13.2. The van der Waals surface area contributed by atoms with Gasteiger partial charge in [-0.1, -0.05) is 54.6 Å². The van der Waals surface area contributed by atoms with Crippen molar-refractivity contribution in [3.63, 3.8) is 0 Å². The molecule has 0 radical (unpaired) electrons. The van der Waals surface area contributed by atoms with Crippen LogP contribution in [-0.4, -0.2) is 54.8 Å².